The third kappa shape index (κ3) is 5.29. The monoisotopic (exact) mass is 372 g/mol. The summed E-state index contributed by atoms with van der Waals surface area (Å²) in [5, 5.41) is 0. The van der Waals surface area contributed by atoms with Crippen molar-refractivity contribution in [2.24, 2.45) is 0 Å². The second-order valence-electron chi connectivity index (χ2n) is 6.17. The minimum atomic E-state index is -4.69. The van der Waals surface area contributed by atoms with Gasteiger partial charge in [-0.05, 0) is 41.7 Å². The quantitative estimate of drug-likeness (QED) is 0.528. The highest BCUT2D eigenvalue weighted by Gasteiger charge is 2.30. The van der Waals surface area contributed by atoms with Gasteiger partial charge in [0.1, 0.15) is 5.75 Å². The van der Waals surface area contributed by atoms with E-state index in [-0.39, 0.29) is 5.75 Å². The molecule has 3 aromatic rings. The molecule has 3 nitrogen and oxygen atoms in total. The molecule has 0 atom stereocenters. The molecular formula is C21H19F3N2O. The Labute approximate surface area is 155 Å². The van der Waals surface area contributed by atoms with Crippen molar-refractivity contribution in [3.05, 3.63) is 66.5 Å². The molecule has 0 N–H and O–H groups in total. The molecule has 2 aromatic carbocycles. The van der Waals surface area contributed by atoms with E-state index < -0.39 is 6.36 Å². The van der Waals surface area contributed by atoms with E-state index in [1.165, 1.54) is 12.1 Å². The van der Waals surface area contributed by atoms with Crippen molar-refractivity contribution in [2.75, 3.05) is 0 Å². The van der Waals surface area contributed by atoms with Crippen molar-refractivity contribution >= 4 is 0 Å². The first-order valence-corrected chi connectivity index (χ1v) is 8.72. The van der Waals surface area contributed by atoms with Crippen LogP contribution >= 0.6 is 0 Å². The van der Waals surface area contributed by atoms with Crippen molar-refractivity contribution in [1.29, 1.82) is 0 Å². The zero-order valence-electron chi connectivity index (χ0n) is 14.8. The first kappa shape index (κ1) is 18.9. The van der Waals surface area contributed by atoms with Crippen molar-refractivity contribution in [1.82, 2.24) is 9.97 Å². The van der Waals surface area contributed by atoms with Gasteiger partial charge < -0.3 is 4.74 Å². The summed E-state index contributed by atoms with van der Waals surface area (Å²) in [5.74, 6) is 0.412. The number of nitrogens with zero attached hydrogens (tertiary/aromatic N) is 2. The number of aromatic nitrogens is 2. The Balaban J connectivity index is 1.71. The SMILES string of the molecule is CCCCc1cnc(-c2ccc(-c3ccc(OC(F)(F)F)cc3)cc2)nc1. The Morgan fingerprint density at radius 2 is 1.33 bits per heavy atom. The second kappa shape index (κ2) is 8.20. The van der Waals surface area contributed by atoms with Crippen LogP contribution < -0.4 is 4.74 Å². The first-order valence-electron chi connectivity index (χ1n) is 8.72. The number of halogens is 3. The average molecular weight is 372 g/mol. The number of aryl methyl sites for hydroxylation is 1. The minimum Gasteiger partial charge on any atom is -0.406 e. The van der Waals surface area contributed by atoms with Gasteiger partial charge in [-0.1, -0.05) is 49.7 Å². The van der Waals surface area contributed by atoms with Crippen LogP contribution in [0.3, 0.4) is 0 Å². The third-order valence-corrected chi connectivity index (χ3v) is 4.09. The molecule has 1 aromatic heterocycles. The van der Waals surface area contributed by atoms with Gasteiger partial charge in [-0.2, -0.15) is 0 Å². The molecule has 0 saturated carbocycles. The highest BCUT2D eigenvalue weighted by molar-refractivity contribution is 5.68. The molecular weight excluding hydrogens is 353 g/mol. The van der Waals surface area contributed by atoms with Crippen molar-refractivity contribution in [3.8, 4) is 28.3 Å². The number of hydrogen-bond donors (Lipinski definition) is 0. The van der Waals surface area contributed by atoms with Crippen LogP contribution in [0.2, 0.25) is 0 Å². The molecule has 0 amide bonds. The molecule has 27 heavy (non-hydrogen) atoms. The van der Waals surface area contributed by atoms with Gasteiger partial charge in [0.2, 0.25) is 0 Å². The van der Waals surface area contributed by atoms with E-state index in [1.54, 1.807) is 12.1 Å². The molecule has 140 valence electrons. The van der Waals surface area contributed by atoms with Gasteiger partial charge in [0.05, 0.1) is 0 Å². The van der Waals surface area contributed by atoms with Gasteiger partial charge in [-0.15, -0.1) is 13.2 Å². The van der Waals surface area contributed by atoms with Gasteiger partial charge in [-0.25, -0.2) is 9.97 Å². The van der Waals surface area contributed by atoms with E-state index in [1.807, 2.05) is 36.7 Å². The highest BCUT2D eigenvalue weighted by Crippen LogP contribution is 2.27. The molecule has 0 aliphatic heterocycles. The maximum absolute atomic E-state index is 12.2. The molecule has 0 spiro atoms. The van der Waals surface area contributed by atoms with Crippen LogP contribution in [-0.2, 0) is 6.42 Å². The molecule has 0 bridgehead atoms. The normalized spacial score (nSPS) is 11.4. The summed E-state index contributed by atoms with van der Waals surface area (Å²) >= 11 is 0. The lowest BCUT2D eigenvalue weighted by Crippen LogP contribution is -2.16. The Morgan fingerprint density at radius 1 is 0.815 bits per heavy atom. The van der Waals surface area contributed by atoms with Crippen LogP contribution in [0.15, 0.2) is 60.9 Å². The molecule has 1 heterocycles. The maximum atomic E-state index is 12.2. The fraction of sp³-hybridized carbons (Fsp3) is 0.238. The van der Waals surface area contributed by atoms with E-state index in [2.05, 4.69) is 21.6 Å². The van der Waals surface area contributed by atoms with Crippen molar-refractivity contribution < 1.29 is 17.9 Å². The van der Waals surface area contributed by atoms with Crippen LogP contribution in [-0.4, -0.2) is 16.3 Å². The predicted octanol–water partition coefficient (Wildman–Crippen LogP) is 6.05. The minimum absolute atomic E-state index is 0.237. The number of unbranched alkanes of at least 4 members (excludes halogenated alkanes) is 1. The van der Waals surface area contributed by atoms with E-state index in [0.29, 0.717) is 5.82 Å². The lowest BCUT2D eigenvalue weighted by atomic mass is 10.0. The van der Waals surface area contributed by atoms with E-state index >= 15 is 0 Å². The van der Waals surface area contributed by atoms with Crippen LogP contribution in [0, 0.1) is 0 Å². The van der Waals surface area contributed by atoms with E-state index in [0.717, 1.165) is 41.5 Å². The van der Waals surface area contributed by atoms with Crippen molar-refractivity contribution in [2.45, 2.75) is 32.5 Å². The van der Waals surface area contributed by atoms with Gasteiger partial charge >= 0.3 is 6.36 Å². The molecule has 0 aliphatic carbocycles. The molecule has 0 unspecified atom stereocenters. The molecule has 0 fully saturated rings. The summed E-state index contributed by atoms with van der Waals surface area (Å²) in [4.78, 5) is 8.83. The van der Waals surface area contributed by atoms with Gasteiger partial charge in [0.15, 0.2) is 5.82 Å². The summed E-state index contributed by atoms with van der Waals surface area (Å²) in [6.07, 6.45) is 2.24. The van der Waals surface area contributed by atoms with Gasteiger partial charge in [0, 0.05) is 18.0 Å². The Kier molecular flexibility index (Phi) is 5.74. The smallest absolute Gasteiger partial charge is 0.406 e. The lowest BCUT2D eigenvalue weighted by Gasteiger charge is -2.09. The largest absolute Gasteiger partial charge is 0.573 e. The zero-order valence-corrected chi connectivity index (χ0v) is 14.8. The molecule has 3 rings (SSSR count). The number of alkyl halides is 3. The summed E-state index contributed by atoms with van der Waals surface area (Å²) in [6, 6.07) is 13.4. The molecule has 6 heteroatoms. The summed E-state index contributed by atoms with van der Waals surface area (Å²) < 4.78 is 40.6. The summed E-state index contributed by atoms with van der Waals surface area (Å²) in [5.41, 5.74) is 3.69. The van der Waals surface area contributed by atoms with E-state index in [9.17, 15) is 13.2 Å². The number of benzene rings is 2. The number of rotatable bonds is 6. The van der Waals surface area contributed by atoms with Gasteiger partial charge in [-0.3, -0.25) is 0 Å². The predicted molar refractivity (Wildman–Crippen MR) is 98.2 cm³/mol. The van der Waals surface area contributed by atoms with Gasteiger partial charge in [0.25, 0.3) is 0 Å². The third-order valence-electron chi connectivity index (χ3n) is 4.09. The van der Waals surface area contributed by atoms with Crippen LogP contribution in [0.1, 0.15) is 25.3 Å². The number of hydrogen-bond acceptors (Lipinski definition) is 3. The van der Waals surface area contributed by atoms with Crippen LogP contribution in [0.5, 0.6) is 5.75 Å². The highest BCUT2D eigenvalue weighted by atomic mass is 19.4. The molecule has 0 saturated heterocycles. The van der Waals surface area contributed by atoms with Crippen LogP contribution in [0.4, 0.5) is 13.2 Å². The van der Waals surface area contributed by atoms with E-state index in [4.69, 9.17) is 0 Å². The van der Waals surface area contributed by atoms with Crippen LogP contribution in [0.25, 0.3) is 22.5 Å². The fourth-order valence-corrected chi connectivity index (χ4v) is 2.67. The zero-order chi connectivity index (χ0) is 19.3. The average Bonchev–Trinajstić information content (AvgIpc) is 2.66. The first-order chi connectivity index (χ1) is 12.9. The molecule has 0 aliphatic rings. The summed E-state index contributed by atoms with van der Waals surface area (Å²) in [6.45, 7) is 2.15. The lowest BCUT2D eigenvalue weighted by molar-refractivity contribution is -0.274. The Morgan fingerprint density at radius 3 is 1.85 bits per heavy atom. The molecule has 0 radical (unpaired) electrons. The Hall–Kier alpha value is -2.89. The maximum Gasteiger partial charge on any atom is 0.573 e. The fourth-order valence-electron chi connectivity index (χ4n) is 2.67. The van der Waals surface area contributed by atoms with Crippen molar-refractivity contribution in [3.63, 3.8) is 0 Å². The number of ether oxygens (including phenoxy) is 1. The standard InChI is InChI=1S/C21H19F3N2O/c1-2-3-4-15-13-25-20(26-14-15)18-7-5-16(6-8-18)17-9-11-19(12-10-17)27-21(22,23)24/h5-14H,2-4H2,1H3. The topological polar surface area (TPSA) is 35.0 Å². The second-order valence-corrected chi connectivity index (χ2v) is 6.17. The Bertz CT molecular complexity index is 858. The summed E-state index contributed by atoms with van der Waals surface area (Å²) in [7, 11) is 0.